The first-order valence-electron chi connectivity index (χ1n) is 12.9. The number of anilines is 1. The molecule has 3 amide bonds. The van der Waals surface area contributed by atoms with Gasteiger partial charge in [-0.15, -0.1) is 24.2 Å². The molecule has 39 heavy (non-hydrogen) atoms. The summed E-state index contributed by atoms with van der Waals surface area (Å²) in [5.74, 6) is 0.132. The van der Waals surface area contributed by atoms with Crippen molar-refractivity contribution in [1.29, 1.82) is 0 Å². The quantitative estimate of drug-likeness (QED) is 0.281. The summed E-state index contributed by atoms with van der Waals surface area (Å²) in [6, 6.07) is 20.8. The Balaban J connectivity index is 0.00000420. The van der Waals surface area contributed by atoms with Crippen LogP contribution in [0.2, 0.25) is 0 Å². The molecule has 0 saturated carbocycles. The van der Waals surface area contributed by atoms with E-state index in [-0.39, 0.29) is 49.6 Å². The highest BCUT2D eigenvalue weighted by Crippen LogP contribution is 2.34. The average molecular weight is 571 g/mol. The van der Waals surface area contributed by atoms with Gasteiger partial charge < -0.3 is 26.4 Å². The molecule has 0 fully saturated rings. The van der Waals surface area contributed by atoms with Crippen LogP contribution in [-0.2, 0) is 20.8 Å². The Morgan fingerprint density at radius 1 is 1.05 bits per heavy atom. The van der Waals surface area contributed by atoms with Crippen molar-refractivity contribution in [3.05, 3.63) is 72.3 Å². The molecule has 2 atom stereocenters. The van der Waals surface area contributed by atoms with Crippen molar-refractivity contribution in [2.75, 3.05) is 30.3 Å². The van der Waals surface area contributed by atoms with Crippen LogP contribution in [0.25, 0.3) is 10.8 Å². The topological polar surface area (TPSA) is 125 Å². The number of hydrogen-bond donors (Lipinski definition) is 4. The van der Waals surface area contributed by atoms with E-state index in [0.29, 0.717) is 25.8 Å². The van der Waals surface area contributed by atoms with Crippen LogP contribution in [0.15, 0.2) is 71.6 Å². The second-order valence-electron chi connectivity index (χ2n) is 9.31. The highest BCUT2D eigenvalue weighted by molar-refractivity contribution is 7.99. The van der Waals surface area contributed by atoms with Crippen molar-refractivity contribution in [3.8, 4) is 0 Å². The summed E-state index contributed by atoms with van der Waals surface area (Å²) in [5.41, 5.74) is 7.29. The van der Waals surface area contributed by atoms with Gasteiger partial charge in [-0.05, 0) is 34.9 Å². The smallest absolute Gasteiger partial charge is 0.243 e. The van der Waals surface area contributed by atoms with Gasteiger partial charge in [0, 0.05) is 49.5 Å². The maximum absolute atomic E-state index is 13.0. The number of carbonyl (C=O) groups is 3. The Morgan fingerprint density at radius 2 is 1.79 bits per heavy atom. The molecule has 1 unspecified atom stereocenters. The summed E-state index contributed by atoms with van der Waals surface area (Å²) in [6.07, 6.45) is 0.523. The zero-order valence-corrected chi connectivity index (χ0v) is 23.3. The first kappa shape index (κ1) is 30.4. The zero-order valence-electron chi connectivity index (χ0n) is 21.7. The van der Waals surface area contributed by atoms with Crippen molar-refractivity contribution in [2.24, 2.45) is 5.73 Å². The molecule has 0 saturated heterocycles. The molecule has 208 valence electrons. The third-order valence-electron chi connectivity index (χ3n) is 6.56. The molecule has 4 rings (SSSR count). The average Bonchev–Trinajstić information content (AvgIpc) is 3.09. The maximum atomic E-state index is 13.0. The van der Waals surface area contributed by atoms with Gasteiger partial charge in [0.1, 0.15) is 6.04 Å². The van der Waals surface area contributed by atoms with Crippen LogP contribution in [0, 0.1) is 0 Å². The summed E-state index contributed by atoms with van der Waals surface area (Å²) < 4.78 is 0. The van der Waals surface area contributed by atoms with Crippen molar-refractivity contribution in [2.45, 2.75) is 42.7 Å². The Morgan fingerprint density at radius 3 is 2.62 bits per heavy atom. The molecule has 0 bridgehead atoms. The Kier molecular flexibility index (Phi) is 11.6. The van der Waals surface area contributed by atoms with Crippen molar-refractivity contribution in [3.63, 3.8) is 0 Å². The molecule has 1 heterocycles. The Hall–Kier alpha value is -3.11. The molecule has 3 aromatic rings. The van der Waals surface area contributed by atoms with Gasteiger partial charge in [-0.2, -0.15) is 0 Å². The number of aliphatic hydroxyl groups excluding tert-OH is 1. The lowest BCUT2D eigenvalue weighted by atomic mass is 9.98. The molecular formula is C29H35ClN4O4S. The number of para-hydroxylation sites is 1. The number of amides is 3. The number of aliphatic hydroxyl groups is 1. The monoisotopic (exact) mass is 570 g/mol. The Bertz CT molecular complexity index is 1290. The number of nitrogens with two attached hydrogens (primary N) is 1. The number of halogens is 1. The molecule has 3 aromatic carbocycles. The second-order valence-corrected chi connectivity index (χ2v) is 10.4. The number of benzene rings is 3. The van der Waals surface area contributed by atoms with Crippen LogP contribution >= 0.6 is 24.2 Å². The van der Waals surface area contributed by atoms with Crippen LogP contribution in [0.3, 0.4) is 0 Å². The van der Waals surface area contributed by atoms with Crippen LogP contribution in [0.1, 0.15) is 24.8 Å². The fourth-order valence-corrected chi connectivity index (χ4v) is 5.55. The summed E-state index contributed by atoms with van der Waals surface area (Å²) in [7, 11) is 0. The van der Waals surface area contributed by atoms with Crippen LogP contribution in [0.5, 0.6) is 0 Å². The molecule has 1 aliphatic heterocycles. The highest BCUT2D eigenvalue weighted by atomic mass is 35.5. The number of hydrogen-bond acceptors (Lipinski definition) is 6. The van der Waals surface area contributed by atoms with Gasteiger partial charge in [0.2, 0.25) is 17.7 Å². The fraction of sp³-hybridized carbons (Fsp3) is 0.345. The zero-order chi connectivity index (χ0) is 26.9. The largest absolute Gasteiger partial charge is 0.390 e. The van der Waals surface area contributed by atoms with E-state index >= 15 is 0 Å². The minimum Gasteiger partial charge on any atom is -0.390 e. The predicted molar refractivity (Wildman–Crippen MR) is 158 cm³/mol. The minimum atomic E-state index is -0.861. The van der Waals surface area contributed by atoms with Gasteiger partial charge >= 0.3 is 0 Å². The van der Waals surface area contributed by atoms with Crippen LogP contribution < -0.4 is 21.3 Å². The lowest BCUT2D eigenvalue weighted by molar-refractivity contribution is -0.129. The lowest BCUT2D eigenvalue weighted by Gasteiger charge is -2.23. The number of nitrogens with one attached hydrogen (secondary N) is 2. The van der Waals surface area contributed by atoms with E-state index in [0.717, 1.165) is 32.7 Å². The number of fused-ring (bicyclic) bond motifs is 2. The van der Waals surface area contributed by atoms with Crippen LogP contribution in [-0.4, -0.2) is 60.4 Å². The van der Waals surface area contributed by atoms with Gasteiger partial charge in [0.05, 0.1) is 11.8 Å². The van der Waals surface area contributed by atoms with Gasteiger partial charge in [-0.1, -0.05) is 54.6 Å². The number of rotatable bonds is 11. The first-order chi connectivity index (χ1) is 18.5. The van der Waals surface area contributed by atoms with E-state index < -0.39 is 12.1 Å². The van der Waals surface area contributed by atoms with Gasteiger partial charge in [0.15, 0.2) is 0 Å². The molecule has 10 heteroatoms. The van der Waals surface area contributed by atoms with Crippen molar-refractivity contribution >= 4 is 58.4 Å². The second kappa shape index (κ2) is 14.9. The number of nitrogens with zero attached hydrogens (tertiary/aromatic N) is 1. The number of thioether (sulfide) groups is 1. The minimum absolute atomic E-state index is 0. The summed E-state index contributed by atoms with van der Waals surface area (Å²) in [4.78, 5) is 41.6. The molecule has 0 aromatic heterocycles. The fourth-order valence-electron chi connectivity index (χ4n) is 4.55. The number of carbonyl (C=O) groups excluding carboxylic acids is 3. The summed E-state index contributed by atoms with van der Waals surface area (Å²) in [5, 5.41) is 17.4. The normalized spacial score (nSPS) is 14.5. The van der Waals surface area contributed by atoms with Crippen molar-refractivity contribution < 1.29 is 19.5 Å². The SMILES string of the molecule is Cl.NCC(O)CNC(=O)[C@@H](Cc1cccc2ccccc12)NC(=O)CCCN1C(=O)CCSc2ccccc21. The van der Waals surface area contributed by atoms with Gasteiger partial charge in [-0.25, -0.2) is 0 Å². The van der Waals surface area contributed by atoms with E-state index in [2.05, 4.69) is 10.6 Å². The van der Waals surface area contributed by atoms with Gasteiger partial charge in [-0.3, -0.25) is 14.4 Å². The molecule has 8 nitrogen and oxygen atoms in total. The molecular weight excluding hydrogens is 536 g/mol. The Labute approximate surface area is 239 Å². The highest BCUT2D eigenvalue weighted by Gasteiger charge is 2.24. The molecule has 0 aliphatic carbocycles. The lowest BCUT2D eigenvalue weighted by Crippen LogP contribution is -2.50. The van der Waals surface area contributed by atoms with E-state index in [4.69, 9.17) is 5.73 Å². The van der Waals surface area contributed by atoms with Gasteiger partial charge in [0.25, 0.3) is 0 Å². The predicted octanol–water partition coefficient (Wildman–Crippen LogP) is 3.03. The van der Waals surface area contributed by atoms with Crippen LogP contribution in [0.4, 0.5) is 5.69 Å². The third-order valence-corrected chi connectivity index (χ3v) is 7.62. The van der Waals surface area contributed by atoms with E-state index in [9.17, 15) is 19.5 Å². The summed E-state index contributed by atoms with van der Waals surface area (Å²) in [6.45, 7) is 0.454. The van der Waals surface area contributed by atoms with Crippen molar-refractivity contribution in [1.82, 2.24) is 10.6 Å². The van der Waals surface area contributed by atoms with E-state index in [1.807, 2.05) is 66.7 Å². The first-order valence-corrected chi connectivity index (χ1v) is 13.9. The molecule has 1 aliphatic rings. The maximum Gasteiger partial charge on any atom is 0.243 e. The molecule has 0 spiro atoms. The third kappa shape index (κ3) is 8.19. The summed E-state index contributed by atoms with van der Waals surface area (Å²) >= 11 is 1.67. The standard InChI is InChI=1S/C29H34N4O4S.ClH/c30-18-22(34)19-31-29(37)24(17-21-9-5-8-20-7-1-2-10-23(20)21)32-27(35)13-6-15-33-25-11-3-4-12-26(25)38-16-14-28(33)36;/h1-5,7-12,22,24,34H,6,13-19,30H2,(H,31,37)(H,32,35);1H/t22?,24-;/m1./s1. The van der Waals surface area contributed by atoms with E-state index in [1.165, 1.54) is 0 Å². The van der Waals surface area contributed by atoms with E-state index in [1.54, 1.807) is 16.7 Å². The molecule has 0 radical (unpaired) electrons. The molecule has 5 N–H and O–H groups in total.